The Balaban J connectivity index is 2.27. The maximum atomic E-state index is 12.1. The first-order valence-electron chi connectivity index (χ1n) is 5.49. The Morgan fingerprint density at radius 2 is 2.18 bits per heavy atom. The Labute approximate surface area is 96.9 Å². The maximum Gasteiger partial charge on any atom is 0.278 e. The van der Waals surface area contributed by atoms with Crippen molar-refractivity contribution in [3.63, 3.8) is 0 Å². The van der Waals surface area contributed by atoms with Gasteiger partial charge in [-0.1, -0.05) is 0 Å². The van der Waals surface area contributed by atoms with Crippen molar-refractivity contribution in [1.82, 2.24) is 19.5 Å². The fourth-order valence-electron chi connectivity index (χ4n) is 2.11. The highest BCUT2D eigenvalue weighted by atomic mass is 16.2. The molecule has 0 aromatic carbocycles. The Morgan fingerprint density at radius 3 is 2.88 bits per heavy atom. The molecule has 0 saturated carbocycles. The van der Waals surface area contributed by atoms with Crippen LogP contribution in [0.15, 0.2) is 17.1 Å². The van der Waals surface area contributed by atoms with Crippen LogP contribution < -0.4 is 5.56 Å². The van der Waals surface area contributed by atoms with Crippen molar-refractivity contribution in [2.75, 3.05) is 0 Å². The van der Waals surface area contributed by atoms with Gasteiger partial charge in [0.05, 0.1) is 12.1 Å². The lowest BCUT2D eigenvalue weighted by Gasteiger charge is -2.19. The summed E-state index contributed by atoms with van der Waals surface area (Å²) in [5.74, 6) is -0.157. The third-order valence-corrected chi connectivity index (χ3v) is 3.05. The average Bonchev–Trinajstić information content (AvgIpc) is 2.85. The number of aromatic nitrogens is 3. The van der Waals surface area contributed by atoms with Gasteiger partial charge in [0, 0.05) is 18.3 Å². The van der Waals surface area contributed by atoms with Crippen LogP contribution >= 0.6 is 0 Å². The van der Waals surface area contributed by atoms with Gasteiger partial charge in [-0.2, -0.15) is 0 Å². The number of amides is 1. The molecule has 2 aromatic rings. The first kappa shape index (κ1) is 10.1. The minimum absolute atomic E-state index is 0.0689. The molecule has 0 spiro atoms. The minimum Gasteiger partial charge on any atom is -0.330 e. The predicted octanol–water partition coefficient (Wildman–Crippen LogP) is 0.387. The summed E-state index contributed by atoms with van der Waals surface area (Å²) in [6, 6.07) is 1.74. The summed E-state index contributed by atoms with van der Waals surface area (Å²) < 4.78 is 1.36. The van der Waals surface area contributed by atoms with Crippen molar-refractivity contribution in [3.8, 4) is 0 Å². The number of hydrogen-bond acceptors (Lipinski definition) is 3. The number of H-pyrrole nitrogens is 1. The molecule has 6 nitrogen and oxygen atoms in total. The highest BCUT2D eigenvalue weighted by Gasteiger charge is 2.33. The zero-order chi connectivity index (χ0) is 12.2. The maximum absolute atomic E-state index is 12.1. The predicted molar refractivity (Wildman–Crippen MR) is 60.8 cm³/mol. The third-order valence-electron chi connectivity index (χ3n) is 3.05. The third kappa shape index (κ3) is 1.23. The van der Waals surface area contributed by atoms with E-state index in [1.165, 1.54) is 4.52 Å². The smallest absolute Gasteiger partial charge is 0.278 e. The van der Waals surface area contributed by atoms with Crippen LogP contribution in [0.25, 0.3) is 5.65 Å². The molecule has 0 saturated heterocycles. The number of nitrogens with one attached hydrogen (secondary N) is 1. The average molecular weight is 232 g/mol. The number of aromatic amines is 1. The van der Waals surface area contributed by atoms with E-state index in [-0.39, 0.29) is 17.5 Å². The van der Waals surface area contributed by atoms with Crippen molar-refractivity contribution in [1.29, 1.82) is 0 Å². The lowest BCUT2D eigenvalue weighted by molar-refractivity contribution is 0.0726. The van der Waals surface area contributed by atoms with E-state index < -0.39 is 0 Å². The second-order valence-electron chi connectivity index (χ2n) is 4.43. The molecule has 2 aromatic heterocycles. The molecule has 1 aliphatic rings. The highest BCUT2D eigenvalue weighted by molar-refractivity contribution is 5.96. The molecule has 6 heteroatoms. The van der Waals surface area contributed by atoms with Crippen LogP contribution in [0.3, 0.4) is 0 Å². The number of rotatable bonds is 1. The molecule has 0 unspecified atom stereocenters. The van der Waals surface area contributed by atoms with Gasteiger partial charge in [-0.05, 0) is 13.8 Å². The van der Waals surface area contributed by atoms with Crippen molar-refractivity contribution in [2.24, 2.45) is 0 Å². The largest absolute Gasteiger partial charge is 0.330 e. The summed E-state index contributed by atoms with van der Waals surface area (Å²) in [5.41, 5.74) is 1.06. The van der Waals surface area contributed by atoms with Crippen molar-refractivity contribution in [2.45, 2.75) is 26.4 Å². The van der Waals surface area contributed by atoms with E-state index in [0.717, 1.165) is 0 Å². The second-order valence-corrected chi connectivity index (χ2v) is 4.43. The van der Waals surface area contributed by atoms with Gasteiger partial charge in [-0.15, -0.1) is 0 Å². The molecule has 0 aliphatic carbocycles. The van der Waals surface area contributed by atoms with Gasteiger partial charge < -0.3 is 4.90 Å². The van der Waals surface area contributed by atoms with Crippen LogP contribution in [0.4, 0.5) is 0 Å². The zero-order valence-electron chi connectivity index (χ0n) is 9.60. The van der Waals surface area contributed by atoms with E-state index in [1.807, 2.05) is 13.8 Å². The van der Waals surface area contributed by atoms with E-state index in [9.17, 15) is 9.59 Å². The number of carbonyl (C=O) groups is 1. The van der Waals surface area contributed by atoms with Gasteiger partial charge in [0.1, 0.15) is 5.69 Å². The van der Waals surface area contributed by atoms with Crippen molar-refractivity contribution >= 4 is 11.6 Å². The SMILES string of the molecule is CC(C)N1Cc2c(nc3cc[nH]n3c2=O)C1=O. The number of carbonyl (C=O) groups excluding carboxylic acids is 1. The van der Waals surface area contributed by atoms with Crippen LogP contribution in [0.1, 0.15) is 29.9 Å². The first-order valence-corrected chi connectivity index (χ1v) is 5.49. The minimum atomic E-state index is -0.188. The molecule has 0 atom stereocenters. The normalized spacial score (nSPS) is 15.0. The van der Waals surface area contributed by atoms with E-state index in [2.05, 4.69) is 10.1 Å². The van der Waals surface area contributed by atoms with Crippen LogP contribution in [0.5, 0.6) is 0 Å². The highest BCUT2D eigenvalue weighted by Crippen LogP contribution is 2.20. The molecule has 1 aliphatic heterocycles. The van der Waals surface area contributed by atoms with Crippen molar-refractivity contribution < 1.29 is 4.79 Å². The Morgan fingerprint density at radius 1 is 1.41 bits per heavy atom. The number of hydrogen-bond donors (Lipinski definition) is 1. The van der Waals surface area contributed by atoms with Gasteiger partial charge in [0.2, 0.25) is 0 Å². The molecule has 3 rings (SSSR count). The van der Waals surface area contributed by atoms with Gasteiger partial charge >= 0.3 is 0 Å². The van der Waals surface area contributed by atoms with Gasteiger partial charge in [0.15, 0.2) is 5.65 Å². The molecular formula is C11H12N4O2. The Hall–Kier alpha value is -2.11. The molecule has 1 amide bonds. The second kappa shape index (κ2) is 3.19. The topological polar surface area (TPSA) is 70.5 Å². The van der Waals surface area contributed by atoms with Gasteiger partial charge in [-0.25, -0.2) is 9.50 Å². The standard InChI is InChI=1S/C11H12N4O2/c1-6(2)14-5-7-9(11(14)17)13-8-3-4-12-15(8)10(7)16/h3-4,6,12H,5H2,1-2H3. The van der Waals surface area contributed by atoms with Crippen LogP contribution in [-0.2, 0) is 6.54 Å². The van der Waals surface area contributed by atoms with E-state index in [1.54, 1.807) is 17.2 Å². The summed E-state index contributed by atoms with van der Waals surface area (Å²) in [7, 11) is 0. The lowest BCUT2D eigenvalue weighted by Crippen LogP contribution is -2.31. The van der Waals surface area contributed by atoms with E-state index >= 15 is 0 Å². The molecule has 0 bridgehead atoms. The Bertz CT molecular complexity index is 668. The van der Waals surface area contributed by atoms with Gasteiger partial charge in [-0.3, -0.25) is 14.7 Å². The number of fused-ring (bicyclic) bond motifs is 2. The molecule has 0 fully saturated rings. The summed E-state index contributed by atoms with van der Waals surface area (Å²) in [5, 5.41) is 2.79. The van der Waals surface area contributed by atoms with Crippen LogP contribution in [-0.4, -0.2) is 31.4 Å². The van der Waals surface area contributed by atoms with Crippen LogP contribution in [0.2, 0.25) is 0 Å². The molecule has 3 heterocycles. The van der Waals surface area contributed by atoms with E-state index in [0.29, 0.717) is 23.4 Å². The summed E-state index contributed by atoms with van der Waals surface area (Å²) in [4.78, 5) is 30.1. The molecular weight excluding hydrogens is 220 g/mol. The first-order chi connectivity index (χ1) is 8.09. The summed E-state index contributed by atoms with van der Waals surface area (Å²) >= 11 is 0. The summed E-state index contributed by atoms with van der Waals surface area (Å²) in [6.45, 7) is 4.19. The molecule has 0 radical (unpaired) electrons. The molecule has 88 valence electrons. The monoisotopic (exact) mass is 232 g/mol. The van der Waals surface area contributed by atoms with Crippen LogP contribution in [0, 0.1) is 0 Å². The van der Waals surface area contributed by atoms with Gasteiger partial charge in [0.25, 0.3) is 11.5 Å². The number of nitrogens with zero attached hydrogens (tertiary/aromatic N) is 3. The fraction of sp³-hybridized carbons (Fsp3) is 0.364. The quantitative estimate of drug-likeness (QED) is 0.773. The zero-order valence-corrected chi connectivity index (χ0v) is 9.60. The van der Waals surface area contributed by atoms with E-state index in [4.69, 9.17) is 0 Å². The fourth-order valence-corrected chi connectivity index (χ4v) is 2.11. The Kier molecular flexibility index (Phi) is 1.89. The molecule has 1 N–H and O–H groups in total. The summed E-state index contributed by atoms with van der Waals surface area (Å²) in [6.07, 6.45) is 1.63. The molecule has 17 heavy (non-hydrogen) atoms. The lowest BCUT2D eigenvalue weighted by atomic mass is 10.3. The van der Waals surface area contributed by atoms with Crippen molar-refractivity contribution in [3.05, 3.63) is 33.9 Å².